The molecule has 1 fully saturated rings. The van der Waals surface area contributed by atoms with Crippen molar-refractivity contribution >= 4 is 17.7 Å². The molecule has 94 valence electrons. The molecule has 1 aliphatic rings. The lowest BCUT2D eigenvalue weighted by atomic mass is 10.2. The first-order valence-corrected chi connectivity index (χ1v) is 6.82. The van der Waals surface area contributed by atoms with Crippen molar-refractivity contribution in [2.75, 3.05) is 18.1 Å². The van der Waals surface area contributed by atoms with Crippen LogP contribution in [0.15, 0.2) is 6.33 Å². The van der Waals surface area contributed by atoms with Gasteiger partial charge in [-0.25, -0.2) is 4.98 Å². The second-order valence-electron chi connectivity index (χ2n) is 4.04. The highest BCUT2D eigenvalue weighted by molar-refractivity contribution is 7.99. The molecule has 0 radical (unpaired) electrons. The fourth-order valence-corrected chi connectivity index (χ4v) is 2.64. The molecule has 2 rings (SSSR count). The number of aromatic nitrogens is 3. The van der Waals surface area contributed by atoms with Gasteiger partial charge in [-0.3, -0.25) is 9.48 Å². The van der Waals surface area contributed by atoms with E-state index >= 15 is 0 Å². The summed E-state index contributed by atoms with van der Waals surface area (Å²) >= 11 is 1.89. The zero-order valence-corrected chi connectivity index (χ0v) is 10.7. The minimum atomic E-state index is 0.0532. The van der Waals surface area contributed by atoms with Crippen LogP contribution in [0.1, 0.15) is 12.2 Å². The van der Waals surface area contributed by atoms with Crippen molar-refractivity contribution in [3.05, 3.63) is 12.2 Å². The second kappa shape index (κ2) is 6.02. The van der Waals surface area contributed by atoms with Gasteiger partial charge in [0.2, 0.25) is 5.91 Å². The summed E-state index contributed by atoms with van der Waals surface area (Å²) in [5, 5.41) is 10.3. The minimum absolute atomic E-state index is 0.0532. The molecule has 1 amide bonds. The first kappa shape index (κ1) is 12.4. The number of aryl methyl sites for hydroxylation is 1. The molecule has 2 N–H and O–H groups in total. The fraction of sp³-hybridized carbons (Fsp3) is 0.700. The Kier molecular flexibility index (Phi) is 4.38. The van der Waals surface area contributed by atoms with Crippen molar-refractivity contribution in [1.29, 1.82) is 0 Å². The Morgan fingerprint density at radius 3 is 3.29 bits per heavy atom. The van der Waals surface area contributed by atoms with Gasteiger partial charge in [0.1, 0.15) is 6.33 Å². The number of nitrogens with one attached hydrogen (secondary N) is 2. The van der Waals surface area contributed by atoms with Gasteiger partial charge in [0, 0.05) is 37.6 Å². The van der Waals surface area contributed by atoms with E-state index in [-0.39, 0.29) is 5.91 Å². The molecular weight excluding hydrogens is 238 g/mol. The van der Waals surface area contributed by atoms with E-state index in [1.807, 2.05) is 18.8 Å². The summed E-state index contributed by atoms with van der Waals surface area (Å²) in [7, 11) is 1.81. The van der Waals surface area contributed by atoms with E-state index in [0.29, 0.717) is 24.8 Å². The number of nitrogens with zero attached hydrogens (tertiary/aromatic N) is 3. The molecule has 6 nitrogen and oxygen atoms in total. The zero-order chi connectivity index (χ0) is 12.1. The molecule has 1 aliphatic heterocycles. The number of amides is 1. The van der Waals surface area contributed by atoms with E-state index in [0.717, 1.165) is 18.1 Å². The smallest absolute Gasteiger partial charge is 0.221 e. The van der Waals surface area contributed by atoms with Gasteiger partial charge in [-0.05, 0) is 0 Å². The lowest BCUT2D eigenvalue weighted by Crippen LogP contribution is -2.41. The monoisotopic (exact) mass is 255 g/mol. The maximum atomic E-state index is 11.7. The number of rotatable bonds is 4. The van der Waals surface area contributed by atoms with Crippen LogP contribution < -0.4 is 10.6 Å². The van der Waals surface area contributed by atoms with E-state index in [1.165, 1.54) is 0 Å². The lowest BCUT2D eigenvalue weighted by molar-refractivity contribution is -0.121. The molecule has 7 heteroatoms. The van der Waals surface area contributed by atoms with Crippen LogP contribution >= 0.6 is 11.8 Å². The summed E-state index contributed by atoms with van der Waals surface area (Å²) in [6, 6.07) is 0.297. The number of carbonyl (C=O) groups is 1. The van der Waals surface area contributed by atoms with Crippen molar-refractivity contribution in [1.82, 2.24) is 25.4 Å². The van der Waals surface area contributed by atoms with Gasteiger partial charge in [0.25, 0.3) is 0 Å². The summed E-state index contributed by atoms with van der Waals surface area (Å²) in [5.74, 6) is 2.84. The van der Waals surface area contributed by atoms with Gasteiger partial charge in [-0.2, -0.15) is 16.9 Å². The number of thioether (sulfide) groups is 1. The maximum absolute atomic E-state index is 11.7. The van der Waals surface area contributed by atoms with E-state index in [1.54, 1.807) is 11.0 Å². The summed E-state index contributed by atoms with van der Waals surface area (Å²) in [6.07, 6.45) is 2.15. The molecule has 17 heavy (non-hydrogen) atoms. The van der Waals surface area contributed by atoms with Gasteiger partial charge >= 0.3 is 0 Å². The van der Waals surface area contributed by atoms with Crippen LogP contribution in [0.3, 0.4) is 0 Å². The Bertz CT molecular complexity index is 375. The SMILES string of the molecule is Cn1cnc(CNC(=O)CC2CSCCN2)n1. The average molecular weight is 255 g/mol. The van der Waals surface area contributed by atoms with Crippen LogP contribution in [0, 0.1) is 0 Å². The topological polar surface area (TPSA) is 71.8 Å². The molecule has 0 bridgehead atoms. The Morgan fingerprint density at radius 1 is 1.76 bits per heavy atom. The molecule has 1 atom stereocenters. The van der Waals surface area contributed by atoms with Crippen LogP contribution in [-0.4, -0.2) is 44.8 Å². The maximum Gasteiger partial charge on any atom is 0.221 e. The molecular formula is C10H17N5OS. The third kappa shape index (κ3) is 4.01. The molecule has 0 aromatic carbocycles. The first-order valence-electron chi connectivity index (χ1n) is 5.66. The van der Waals surface area contributed by atoms with Gasteiger partial charge in [-0.15, -0.1) is 0 Å². The highest BCUT2D eigenvalue weighted by Crippen LogP contribution is 2.09. The van der Waals surface area contributed by atoms with E-state index < -0.39 is 0 Å². The highest BCUT2D eigenvalue weighted by Gasteiger charge is 2.16. The molecule has 0 spiro atoms. The van der Waals surface area contributed by atoms with Crippen LogP contribution in [0.25, 0.3) is 0 Å². The molecule has 1 saturated heterocycles. The Morgan fingerprint density at radius 2 is 2.65 bits per heavy atom. The van der Waals surface area contributed by atoms with Crippen LogP contribution in [0.4, 0.5) is 0 Å². The molecule has 0 aliphatic carbocycles. The van der Waals surface area contributed by atoms with Crippen LogP contribution in [-0.2, 0) is 18.4 Å². The summed E-state index contributed by atoms with van der Waals surface area (Å²) in [6.45, 7) is 1.39. The lowest BCUT2D eigenvalue weighted by Gasteiger charge is -2.22. The van der Waals surface area contributed by atoms with Gasteiger partial charge in [0.15, 0.2) is 5.82 Å². The van der Waals surface area contributed by atoms with E-state index in [2.05, 4.69) is 20.7 Å². The third-order valence-corrected chi connectivity index (χ3v) is 3.65. The van der Waals surface area contributed by atoms with Crippen molar-refractivity contribution in [3.63, 3.8) is 0 Å². The van der Waals surface area contributed by atoms with Crippen molar-refractivity contribution in [2.45, 2.75) is 19.0 Å². The molecule has 2 heterocycles. The minimum Gasteiger partial charge on any atom is -0.349 e. The van der Waals surface area contributed by atoms with E-state index in [9.17, 15) is 4.79 Å². The average Bonchev–Trinajstić information content (AvgIpc) is 2.74. The summed E-state index contributed by atoms with van der Waals surface area (Å²) in [4.78, 5) is 15.7. The standard InChI is InChI=1S/C10H17N5OS/c1-15-7-13-9(14-15)5-12-10(16)4-8-6-17-3-2-11-8/h7-8,11H,2-6H2,1H3,(H,12,16). The quantitative estimate of drug-likeness (QED) is 0.761. The predicted molar refractivity (Wildman–Crippen MR) is 66.6 cm³/mol. The molecule has 1 unspecified atom stereocenters. The Balaban J connectivity index is 1.70. The van der Waals surface area contributed by atoms with Crippen LogP contribution in [0.5, 0.6) is 0 Å². The van der Waals surface area contributed by atoms with E-state index in [4.69, 9.17) is 0 Å². The molecule has 1 aromatic heterocycles. The Labute approximate surface area is 105 Å². The van der Waals surface area contributed by atoms with Crippen molar-refractivity contribution in [3.8, 4) is 0 Å². The molecule has 0 saturated carbocycles. The predicted octanol–water partition coefficient (Wildman–Crippen LogP) is -0.474. The van der Waals surface area contributed by atoms with Crippen LogP contribution in [0.2, 0.25) is 0 Å². The number of carbonyl (C=O) groups excluding carboxylic acids is 1. The number of hydrogen-bond donors (Lipinski definition) is 2. The highest BCUT2D eigenvalue weighted by atomic mass is 32.2. The van der Waals surface area contributed by atoms with Crippen molar-refractivity contribution in [2.24, 2.45) is 7.05 Å². The van der Waals surface area contributed by atoms with Gasteiger partial charge in [-0.1, -0.05) is 0 Å². The molecule has 1 aromatic rings. The van der Waals surface area contributed by atoms with Gasteiger partial charge < -0.3 is 10.6 Å². The zero-order valence-electron chi connectivity index (χ0n) is 9.85. The van der Waals surface area contributed by atoms with Gasteiger partial charge in [0.05, 0.1) is 6.54 Å². The number of hydrogen-bond acceptors (Lipinski definition) is 5. The summed E-state index contributed by atoms with van der Waals surface area (Å²) < 4.78 is 1.63. The largest absolute Gasteiger partial charge is 0.349 e. The first-order chi connectivity index (χ1) is 8.24. The third-order valence-electron chi connectivity index (χ3n) is 2.52. The Hall–Kier alpha value is -1.08. The fourth-order valence-electron chi connectivity index (χ4n) is 1.69. The normalized spacial score (nSPS) is 20.2. The van der Waals surface area contributed by atoms with Crippen molar-refractivity contribution < 1.29 is 4.79 Å². The second-order valence-corrected chi connectivity index (χ2v) is 5.19. The summed E-state index contributed by atoms with van der Waals surface area (Å²) in [5.41, 5.74) is 0.